The summed E-state index contributed by atoms with van der Waals surface area (Å²) in [4.78, 5) is 15.7. The standard InChI is InChI=1S/C19H13N5O2/c25-16-8-18(24-12-3-4-14-15(7-12)23-10-22-14)26-17(16)6-11-9-21-19-13(11)2-1-5-20-19/h1-10,24-25H,(H,22,23). The highest BCUT2D eigenvalue weighted by molar-refractivity contribution is 6.20. The van der Waals surface area contributed by atoms with E-state index in [4.69, 9.17) is 4.42 Å². The van der Waals surface area contributed by atoms with Gasteiger partial charge in [0.2, 0.25) is 5.88 Å². The van der Waals surface area contributed by atoms with Crippen LogP contribution in [0.5, 0.6) is 5.75 Å². The second-order valence-electron chi connectivity index (χ2n) is 5.85. The zero-order valence-corrected chi connectivity index (χ0v) is 13.5. The number of pyridine rings is 1. The van der Waals surface area contributed by atoms with Gasteiger partial charge in [-0.2, -0.15) is 0 Å². The van der Waals surface area contributed by atoms with Gasteiger partial charge in [-0.3, -0.25) is 0 Å². The summed E-state index contributed by atoms with van der Waals surface area (Å²) in [6.45, 7) is 0. The van der Waals surface area contributed by atoms with E-state index in [2.05, 4.69) is 25.3 Å². The molecule has 0 spiro atoms. The quantitative estimate of drug-likeness (QED) is 0.516. The van der Waals surface area contributed by atoms with Gasteiger partial charge in [-0.05, 0) is 36.4 Å². The lowest BCUT2D eigenvalue weighted by molar-refractivity contribution is 0.456. The van der Waals surface area contributed by atoms with Crippen LogP contribution in [0.2, 0.25) is 0 Å². The molecule has 0 atom stereocenters. The minimum Gasteiger partial charge on any atom is -0.504 e. The summed E-state index contributed by atoms with van der Waals surface area (Å²) in [6.07, 6.45) is 6.80. The van der Waals surface area contributed by atoms with E-state index in [0.717, 1.165) is 27.9 Å². The van der Waals surface area contributed by atoms with Crippen molar-refractivity contribution in [2.75, 3.05) is 5.32 Å². The Morgan fingerprint density at radius 1 is 1.15 bits per heavy atom. The van der Waals surface area contributed by atoms with Crippen LogP contribution in [0.3, 0.4) is 0 Å². The molecule has 4 heterocycles. The fourth-order valence-corrected chi connectivity index (χ4v) is 2.90. The number of aliphatic imine (C=N–C) groups is 1. The molecule has 126 valence electrons. The summed E-state index contributed by atoms with van der Waals surface area (Å²) in [6, 6.07) is 11.0. The van der Waals surface area contributed by atoms with E-state index in [1.54, 1.807) is 30.9 Å². The third kappa shape index (κ3) is 2.42. The molecule has 26 heavy (non-hydrogen) atoms. The van der Waals surface area contributed by atoms with Crippen LogP contribution >= 0.6 is 0 Å². The van der Waals surface area contributed by atoms with Gasteiger partial charge in [0.15, 0.2) is 17.3 Å². The minimum atomic E-state index is 0.0494. The van der Waals surface area contributed by atoms with E-state index in [-0.39, 0.29) is 5.75 Å². The second kappa shape index (κ2) is 5.59. The summed E-state index contributed by atoms with van der Waals surface area (Å²) in [7, 11) is 0. The van der Waals surface area contributed by atoms with Crippen LogP contribution in [-0.4, -0.2) is 26.3 Å². The molecule has 7 nitrogen and oxygen atoms in total. The van der Waals surface area contributed by atoms with Crippen LogP contribution in [0.4, 0.5) is 17.4 Å². The lowest BCUT2D eigenvalue weighted by Gasteiger charge is -2.02. The molecule has 5 rings (SSSR count). The molecule has 0 unspecified atom stereocenters. The van der Waals surface area contributed by atoms with Crippen molar-refractivity contribution in [3.8, 4) is 5.75 Å². The first kappa shape index (κ1) is 14.5. The highest BCUT2D eigenvalue weighted by Crippen LogP contribution is 2.35. The summed E-state index contributed by atoms with van der Waals surface area (Å²) in [5, 5.41) is 13.3. The Morgan fingerprint density at radius 3 is 3.08 bits per heavy atom. The maximum absolute atomic E-state index is 10.2. The number of hydrogen-bond donors (Lipinski definition) is 3. The van der Waals surface area contributed by atoms with Gasteiger partial charge in [-0.25, -0.2) is 15.0 Å². The molecular weight excluding hydrogens is 330 g/mol. The zero-order chi connectivity index (χ0) is 17.5. The van der Waals surface area contributed by atoms with E-state index in [1.165, 1.54) is 0 Å². The predicted octanol–water partition coefficient (Wildman–Crippen LogP) is 4.26. The number of benzene rings is 1. The number of rotatable bonds is 3. The Labute approximate surface area is 147 Å². The van der Waals surface area contributed by atoms with Gasteiger partial charge >= 0.3 is 0 Å². The van der Waals surface area contributed by atoms with Crippen LogP contribution in [0.1, 0.15) is 11.3 Å². The topological polar surface area (TPSA) is 99.3 Å². The number of fused-ring (bicyclic) bond motifs is 2. The smallest absolute Gasteiger partial charge is 0.201 e. The Hall–Kier alpha value is -3.87. The number of hydrogen-bond acceptors (Lipinski definition) is 6. The van der Waals surface area contributed by atoms with Crippen molar-refractivity contribution in [3.05, 3.63) is 60.2 Å². The SMILES string of the molecule is Oc1cc(Nc2ccc3nc[nH]c3c2)oc1C=C1C=Nc2ncccc21. The fraction of sp³-hybridized carbons (Fsp3) is 0. The Morgan fingerprint density at radius 2 is 2.12 bits per heavy atom. The van der Waals surface area contributed by atoms with Crippen molar-refractivity contribution in [1.29, 1.82) is 0 Å². The third-order valence-electron chi connectivity index (χ3n) is 4.14. The Bertz CT molecular complexity index is 1190. The second-order valence-corrected chi connectivity index (χ2v) is 5.85. The number of furan rings is 1. The van der Waals surface area contributed by atoms with Crippen LogP contribution in [0, 0.1) is 0 Å². The van der Waals surface area contributed by atoms with Crippen LogP contribution in [0.15, 0.2) is 58.3 Å². The molecule has 1 aromatic carbocycles. The summed E-state index contributed by atoms with van der Waals surface area (Å²) < 4.78 is 5.74. The third-order valence-corrected chi connectivity index (χ3v) is 4.14. The Balaban J connectivity index is 1.45. The molecule has 3 aromatic heterocycles. The fourth-order valence-electron chi connectivity index (χ4n) is 2.90. The van der Waals surface area contributed by atoms with E-state index < -0.39 is 0 Å². The summed E-state index contributed by atoms with van der Waals surface area (Å²) in [5.74, 6) is 1.51. The number of nitrogens with zero attached hydrogens (tertiary/aromatic N) is 3. The lowest BCUT2D eigenvalue weighted by Crippen LogP contribution is -1.87. The monoisotopic (exact) mass is 343 g/mol. The molecule has 3 N–H and O–H groups in total. The van der Waals surface area contributed by atoms with E-state index in [0.29, 0.717) is 17.5 Å². The van der Waals surface area contributed by atoms with E-state index >= 15 is 0 Å². The molecule has 7 heteroatoms. The average molecular weight is 343 g/mol. The van der Waals surface area contributed by atoms with Crippen molar-refractivity contribution in [3.63, 3.8) is 0 Å². The number of aromatic hydroxyl groups is 1. The predicted molar refractivity (Wildman–Crippen MR) is 100 cm³/mol. The molecular formula is C19H13N5O2. The van der Waals surface area contributed by atoms with Crippen molar-refractivity contribution in [2.24, 2.45) is 4.99 Å². The molecule has 0 amide bonds. The highest BCUT2D eigenvalue weighted by Gasteiger charge is 2.15. The lowest BCUT2D eigenvalue weighted by atomic mass is 10.1. The molecule has 1 aliphatic rings. The number of allylic oxidation sites excluding steroid dienone is 1. The molecule has 1 aliphatic heterocycles. The maximum atomic E-state index is 10.2. The molecule has 0 radical (unpaired) electrons. The molecule has 0 aliphatic carbocycles. The van der Waals surface area contributed by atoms with Gasteiger partial charge in [0.1, 0.15) is 0 Å². The van der Waals surface area contributed by atoms with Crippen LogP contribution in [-0.2, 0) is 0 Å². The van der Waals surface area contributed by atoms with Crippen LogP contribution in [0.25, 0.3) is 22.7 Å². The van der Waals surface area contributed by atoms with Gasteiger partial charge in [-0.15, -0.1) is 0 Å². The first-order valence-electron chi connectivity index (χ1n) is 8.00. The van der Waals surface area contributed by atoms with Gasteiger partial charge in [0.05, 0.1) is 17.4 Å². The number of anilines is 2. The zero-order valence-electron chi connectivity index (χ0n) is 13.5. The molecule has 0 saturated heterocycles. The average Bonchev–Trinajstić information content (AvgIpc) is 3.35. The van der Waals surface area contributed by atoms with E-state index in [1.807, 2.05) is 30.3 Å². The number of aromatic nitrogens is 3. The highest BCUT2D eigenvalue weighted by atomic mass is 16.4. The molecule has 0 fully saturated rings. The molecule has 4 aromatic rings. The molecule has 0 saturated carbocycles. The first-order valence-corrected chi connectivity index (χ1v) is 8.00. The summed E-state index contributed by atoms with van der Waals surface area (Å²) in [5.41, 5.74) is 4.37. The van der Waals surface area contributed by atoms with Gasteiger partial charge in [0, 0.05) is 35.3 Å². The van der Waals surface area contributed by atoms with Gasteiger partial charge in [-0.1, -0.05) is 0 Å². The van der Waals surface area contributed by atoms with Crippen LogP contribution < -0.4 is 5.32 Å². The van der Waals surface area contributed by atoms with Gasteiger partial charge < -0.3 is 19.8 Å². The first-order chi connectivity index (χ1) is 12.8. The van der Waals surface area contributed by atoms with Gasteiger partial charge in [0.25, 0.3) is 0 Å². The minimum absolute atomic E-state index is 0.0494. The number of imidazole rings is 1. The van der Waals surface area contributed by atoms with E-state index in [9.17, 15) is 5.11 Å². The largest absolute Gasteiger partial charge is 0.504 e. The number of nitrogens with one attached hydrogen (secondary N) is 2. The normalized spacial score (nSPS) is 14.2. The van der Waals surface area contributed by atoms with Crippen molar-refractivity contribution >= 4 is 46.3 Å². The Kier molecular flexibility index (Phi) is 3.11. The van der Waals surface area contributed by atoms with Crippen molar-refractivity contribution in [2.45, 2.75) is 0 Å². The van der Waals surface area contributed by atoms with Crippen molar-refractivity contribution < 1.29 is 9.52 Å². The molecule has 0 bridgehead atoms. The summed E-state index contributed by atoms with van der Waals surface area (Å²) >= 11 is 0. The van der Waals surface area contributed by atoms with Crippen molar-refractivity contribution in [1.82, 2.24) is 15.0 Å². The number of aromatic amines is 1. The number of H-pyrrole nitrogens is 1. The maximum Gasteiger partial charge on any atom is 0.201 e.